The summed E-state index contributed by atoms with van der Waals surface area (Å²) in [7, 11) is 0. The van der Waals surface area contributed by atoms with Crippen LogP contribution in [-0.2, 0) is 11.3 Å². The van der Waals surface area contributed by atoms with Gasteiger partial charge in [0.05, 0.1) is 11.2 Å². The lowest BCUT2D eigenvalue weighted by molar-refractivity contribution is -0.118. The van der Waals surface area contributed by atoms with Gasteiger partial charge in [-0.25, -0.2) is 0 Å². The van der Waals surface area contributed by atoms with E-state index in [1.165, 1.54) is 10.6 Å². The fourth-order valence-corrected chi connectivity index (χ4v) is 1.47. The van der Waals surface area contributed by atoms with Crippen LogP contribution in [0.2, 0.25) is 0 Å². The largest absolute Gasteiger partial charge is 0.323 e. The lowest BCUT2D eigenvalue weighted by Gasteiger charge is -2.11. The molecule has 94 valence electrons. The number of hydrogen-bond donors (Lipinski definition) is 2. The molecule has 3 N–H and O–H groups in total. The molecule has 17 heavy (non-hydrogen) atoms. The van der Waals surface area contributed by atoms with Gasteiger partial charge in [0.25, 0.3) is 5.56 Å². The Morgan fingerprint density at radius 2 is 2.18 bits per heavy atom. The van der Waals surface area contributed by atoms with Crippen molar-refractivity contribution in [2.24, 2.45) is 5.73 Å². The molecule has 0 atom stereocenters. The summed E-state index contributed by atoms with van der Waals surface area (Å²) in [5.74, 6) is -0.172. The molecule has 1 aromatic heterocycles. The number of rotatable bonds is 3. The number of hydrogen-bond acceptors (Lipinski definition) is 3. The molecule has 1 fully saturated rings. The predicted octanol–water partition coefficient (Wildman–Crippen LogP) is 0.720. The van der Waals surface area contributed by atoms with E-state index in [9.17, 15) is 9.59 Å². The molecular weight excluding hydrogens is 242 g/mol. The summed E-state index contributed by atoms with van der Waals surface area (Å²) in [6, 6.07) is 3.04. The lowest BCUT2D eigenvalue weighted by Crippen LogP contribution is -2.38. The highest BCUT2D eigenvalue weighted by Crippen LogP contribution is 2.33. The number of anilines is 1. The zero-order chi connectivity index (χ0) is 11.8. The number of carbonyl (C=O) groups is 1. The highest BCUT2D eigenvalue weighted by atomic mass is 35.5. The van der Waals surface area contributed by atoms with Gasteiger partial charge in [-0.2, -0.15) is 0 Å². The number of amides is 1. The third-order valence-electron chi connectivity index (χ3n) is 2.82. The van der Waals surface area contributed by atoms with E-state index < -0.39 is 5.54 Å². The molecule has 5 nitrogen and oxygen atoms in total. The third-order valence-corrected chi connectivity index (χ3v) is 2.82. The lowest BCUT2D eigenvalue weighted by atomic mass is 10.2. The van der Waals surface area contributed by atoms with Crippen molar-refractivity contribution >= 4 is 24.0 Å². The molecule has 1 heterocycles. The number of nitrogens with one attached hydrogen (secondary N) is 1. The molecule has 0 radical (unpaired) electrons. The van der Waals surface area contributed by atoms with Gasteiger partial charge in [-0.05, 0) is 25.8 Å². The van der Waals surface area contributed by atoms with E-state index in [1.54, 1.807) is 12.3 Å². The first kappa shape index (κ1) is 13.7. The summed E-state index contributed by atoms with van der Waals surface area (Å²) in [5, 5.41) is 2.72. The number of carbonyl (C=O) groups excluding carboxylic acids is 1. The van der Waals surface area contributed by atoms with Crippen molar-refractivity contribution < 1.29 is 4.79 Å². The second-order valence-corrected chi connectivity index (χ2v) is 4.15. The van der Waals surface area contributed by atoms with Crippen LogP contribution in [-0.4, -0.2) is 16.0 Å². The highest BCUT2D eigenvalue weighted by molar-refractivity contribution is 5.99. The normalized spacial score (nSPS) is 15.9. The van der Waals surface area contributed by atoms with Gasteiger partial charge in [0, 0.05) is 18.8 Å². The molecule has 1 amide bonds. The Labute approximate surface area is 105 Å². The summed E-state index contributed by atoms with van der Waals surface area (Å²) >= 11 is 0. The number of pyridine rings is 1. The van der Waals surface area contributed by atoms with Crippen LogP contribution in [0.5, 0.6) is 0 Å². The van der Waals surface area contributed by atoms with E-state index in [4.69, 9.17) is 5.73 Å². The van der Waals surface area contributed by atoms with E-state index >= 15 is 0 Å². The molecule has 0 bridgehead atoms. The SMILES string of the molecule is CCn1cc(NC(=O)C2(N)CC2)ccc1=O.Cl. The van der Waals surface area contributed by atoms with Crippen LogP contribution in [0.1, 0.15) is 19.8 Å². The summed E-state index contributed by atoms with van der Waals surface area (Å²) in [4.78, 5) is 23.0. The standard InChI is InChI=1S/C11H15N3O2.ClH/c1-2-14-7-8(3-4-9(14)15)13-10(16)11(12)5-6-11;/h3-4,7H,2,5-6,12H2,1H3,(H,13,16);1H. The van der Waals surface area contributed by atoms with Crippen molar-refractivity contribution in [1.29, 1.82) is 0 Å². The number of nitrogens with two attached hydrogens (primary N) is 1. The molecule has 1 aliphatic rings. The van der Waals surface area contributed by atoms with Crippen LogP contribution in [0, 0.1) is 0 Å². The van der Waals surface area contributed by atoms with Gasteiger partial charge in [0.1, 0.15) is 0 Å². The summed E-state index contributed by atoms with van der Waals surface area (Å²) in [6.45, 7) is 2.45. The number of aryl methyl sites for hydroxylation is 1. The van der Waals surface area contributed by atoms with Crippen molar-refractivity contribution in [2.45, 2.75) is 31.8 Å². The van der Waals surface area contributed by atoms with Crippen molar-refractivity contribution in [2.75, 3.05) is 5.32 Å². The van der Waals surface area contributed by atoms with Crippen LogP contribution in [0.25, 0.3) is 0 Å². The molecule has 0 spiro atoms. The number of halogens is 1. The second kappa shape index (κ2) is 4.89. The van der Waals surface area contributed by atoms with Crippen LogP contribution >= 0.6 is 12.4 Å². The van der Waals surface area contributed by atoms with Gasteiger partial charge in [0.2, 0.25) is 5.91 Å². The van der Waals surface area contributed by atoms with Crippen molar-refractivity contribution in [3.05, 3.63) is 28.7 Å². The first-order valence-electron chi connectivity index (χ1n) is 5.36. The maximum absolute atomic E-state index is 11.7. The molecule has 0 saturated heterocycles. The van der Waals surface area contributed by atoms with Gasteiger partial charge >= 0.3 is 0 Å². The minimum absolute atomic E-state index is 0. The Morgan fingerprint density at radius 1 is 1.53 bits per heavy atom. The molecule has 1 aromatic rings. The Bertz CT molecular complexity index is 480. The second-order valence-electron chi connectivity index (χ2n) is 4.15. The van der Waals surface area contributed by atoms with Crippen molar-refractivity contribution in [3.8, 4) is 0 Å². The van der Waals surface area contributed by atoms with Gasteiger partial charge < -0.3 is 15.6 Å². The van der Waals surface area contributed by atoms with Crippen LogP contribution < -0.4 is 16.6 Å². The molecule has 1 aliphatic carbocycles. The quantitative estimate of drug-likeness (QED) is 0.838. The first-order valence-corrected chi connectivity index (χ1v) is 5.36. The predicted molar refractivity (Wildman–Crippen MR) is 68.4 cm³/mol. The maximum Gasteiger partial charge on any atom is 0.250 e. The molecular formula is C11H16ClN3O2. The first-order chi connectivity index (χ1) is 7.55. The van der Waals surface area contributed by atoms with Gasteiger partial charge in [0.15, 0.2) is 0 Å². The number of aromatic nitrogens is 1. The van der Waals surface area contributed by atoms with Crippen molar-refractivity contribution in [3.63, 3.8) is 0 Å². The maximum atomic E-state index is 11.7. The third kappa shape index (κ3) is 2.87. The smallest absolute Gasteiger partial charge is 0.250 e. The molecule has 1 saturated carbocycles. The van der Waals surface area contributed by atoms with E-state index in [0.717, 1.165) is 12.8 Å². The summed E-state index contributed by atoms with van der Waals surface area (Å²) < 4.78 is 1.53. The Morgan fingerprint density at radius 3 is 2.71 bits per heavy atom. The Hall–Kier alpha value is -1.33. The minimum Gasteiger partial charge on any atom is -0.323 e. The van der Waals surface area contributed by atoms with E-state index in [1.807, 2.05) is 6.92 Å². The summed E-state index contributed by atoms with van der Waals surface area (Å²) in [6.07, 6.45) is 3.09. The van der Waals surface area contributed by atoms with Crippen LogP contribution in [0.4, 0.5) is 5.69 Å². The Balaban J connectivity index is 0.00000144. The molecule has 6 heteroatoms. The average Bonchev–Trinajstić information content (AvgIpc) is 3.01. The van der Waals surface area contributed by atoms with Gasteiger partial charge in [-0.1, -0.05) is 0 Å². The van der Waals surface area contributed by atoms with Crippen LogP contribution in [0.15, 0.2) is 23.1 Å². The average molecular weight is 258 g/mol. The Kier molecular flexibility index (Phi) is 3.95. The van der Waals surface area contributed by atoms with E-state index in [0.29, 0.717) is 12.2 Å². The fraction of sp³-hybridized carbons (Fsp3) is 0.455. The molecule has 0 aliphatic heterocycles. The zero-order valence-corrected chi connectivity index (χ0v) is 10.4. The monoisotopic (exact) mass is 257 g/mol. The zero-order valence-electron chi connectivity index (χ0n) is 9.60. The van der Waals surface area contributed by atoms with Gasteiger partial charge in [-0.3, -0.25) is 9.59 Å². The number of nitrogens with zero attached hydrogens (tertiary/aromatic N) is 1. The molecule has 0 unspecified atom stereocenters. The van der Waals surface area contributed by atoms with E-state index in [-0.39, 0.29) is 23.9 Å². The topological polar surface area (TPSA) is 77.1 Å². The summed E-state index contributed by atoms with van der Waals surface area (Å²) in [5.41, 5.74) is 5.61. The van der Waals surface area contributed by atoms with Crippen molar-refractivity contribution in [1.82, 2.24) is 4.57 Å². The molecule has 2 rings (SSSR count). The van der Waals surface area contributed by atoms with Gasteiger partial charge in [-0.15, -0.1) is 12.4 Å². The molecule has 0 aromatic carbocycles. The van der Waals surface area contributed by atoms with Crippen LogP contribution in [0.3, 0.4) is 0 Å². The fourth-order valence-electron chi connectivity index (χ4n) is 1.47. The minimum atomic E-state index is -0.687. The highest BCUT2D eigenvalue weighted by Gasteiger charge is 2.45. The van der Waals surface area contributed by atoms with E-state index in [2.05, 4.69) is 5.32 Å².